The van der Waals surface area contributed by atoms with E-state index in [0.29, 0.717) is 19.8 Å². The molecule has 0 fully saturated rings. The van der Waals surface area contributed by atoms with Crippen molar-refractivity contribution in [3.63, 3.8) is 0 Å². The second-order valence-electron chi connectivity index (χ2n) is 4.76. The lowest BCUT2D eigenvalue weighted by Crippen LogP contribution is -2.27. The molecule has 1 unspecified atom stereocenters. The quantitative estimate of drug-likeness (QED) is 0.717. The number of fused-ring (bicyclic) bond motifs is 1. The van der Waals surface area contributed by atoms with Crippen LogP contribution in [-0.2, 0) is 9.47 Å². The summed E-state index contributed by atoms with van der Waals surface area (Å²) in [7, 11) is 1.70. The van der Waals surface area contributed by atoms with Crippen LogP contribution in [0.3, 0.4) is 0 Å². The molecule has 2 aromatic rings. The topological polar surface area (TPSA) is 30.5 Å². The monoisotopic (exact) mass is 293 g/mol. The number of thiophene rings is 1. The minimum atomic E-state index is 0.245. The van der Waals surface area contributed by atoms with E-state index >= 15 is 0 Å². The van der Waals surface area contributed by atoms with Gasteiger partial charge in [0.1, 0.15) is 0 Å². The number of hydrogen-bond donors (Lipinski definition) is 1. The van der Waals surface area contributed by atoms with Gasteiger partial charge in [0.2, 0.25) is 0 Å². The molecule has 1 atom stereocenters. The SMILES string of the molecule is CCCNC(COCCOC)c1cccc2ccsc12. The van der Waals surface area contributed by atoms with Crippen LogP contribution in [0.5, 0.6) is 0 Å². The highest BCUT2D eigenvalue weighted by Crippen LogP contribution is 2.29. The van der Waals surface area contributed by atoms with Crippen LogP contribution in [0.25, 0.3) is 10.1 Å². The predicted octanol–water partition coefficient (Wildman–Crippen LogP) is 3.61. The molecule has 0 saturated heterocycles. The Morgan fingerprint density at radius 1 is 1.25 bits per heavy atom. The van der Waals surface area contributed by atoms with Crippen molar-refractivity contribution in [2.75, 3.05) is 33.5 Å². The lowest BCUT2D eigenvalue weighted by Gasteiger charge is -2.20. The third-order valence-electron chi connectivity index (χ3n) is 3.24. The summed E-state index contributed by atoms with van der Waals surface area (Å²) < 4.78 is 12.1. The van der Waals surface area contributed by atoms with Crippen molar-refractivity contribution in [1.82, 2.24) is 5.32 Å². The summed E-state index contributed by atoms with van der Waals surface area (Å²) in [5.74, 6) is 0. The first kappa shape index (κ1) is 15.4. The summed E-state index contributed by atoms with van der Waals surface area (Å²) in [6.07, 6.45) is 1.12. The fourth-order valence-corrected chi connectivity index (χ4v) is 3.18. The molecule has 4 heteroatoms. The molecular weight excluding hydrogens is 270 g/mol. The normalized spacial score (nSPS) is 12.9. The molecular formula is C16H23NO2S. The van der Waals surface area contributed by atoms with Crippen LogP contribution in [-0.4, -0.2) is 33.5 Å². The van der Waals surface area contributed by atoms with Crippen molar-refractivity contribution >= 4 is 21.4 Å². The molecule has 0 saturated carbocycles. The van der Waals surface area contributed by atoms with E-state index in [4.69, 9.17) is 9.47 Å². The molecule has 0 radical (unpaired) electrons. The zero-order valence-corrected chi connectivity index (χ0v) is 13.0. The van der Waals surface area contributed by atoms with Gasteiger partial charge in [-0.15, -0.1) is 11.3 Å². The minimum Gasteiger partial charge on any atom is -0.382 e. The van der Waals surface area contributed by atoms with Gasteiger partial charge in [-0.05, 0) is 35.4 Å². The second-order valence-corrected chi connectivity index (χ2v) is 5.68. The molecule has 0 amide bonds. The molecule has 1 aromatic heterocycles. The van der Waals surface area contributed by atoms with E-state index in [2.05, 4.69) is 41.9 Å². The Balaban J connectivity index is 2.10. The first-order valence-electron chi connectivity index (χ1n) is 7.13. The molecule has 2 rings (SSSR count). The van der Waals surface area contributed by atoms with Crippen LogP contribution in [0.1, 0.15) is 24.9 Å². The van der Waals surface area contributed by atoms with E-state index in [9.17, 15) is 0 Å². The van der Waals surface area contributed by atoms with Crippen LogP contribution < -0.4 is 5.32 Å². The summed E-state index contributed by atoms with van der Waals surface area (Å²) >= 11 is 1.80. The molecule has 0 bridgehead atoms. The first-order chi connectivity index (χ1) is 9.86. The van der Waals surface area contributed by atoms with Crippen molar-refractivity contribution in [2.45, 2.75) is 19.4 Å². The van der Waals surface area contributed by atoms with Crippen molar-refractivity contribution in [2.24, 2.45) is 0 Å². The van der Waals surface area contributed by atoms with E-state index in [1.54, 1.807) is 18.4 Å². The van der Waals surface area contributed by atoms with Gasteiger partial charge in [-0.2, -0.15) is 0 Å². The van der Waals surface area contributed by atoms with Crippen LogP contribution >= 0.6 is 11.3 Å². The molecule has 0 aliphatic heterocycles. The lowest BCUT2D eigenvalue weighted by atomic mass is 10.1. The van der Waals surface area contributed by atoms with Crippen LogP contribution in [0.15, 0.2) is 29.6 Å². The molecule has 1 N–H and O–H groups in total. The van der Waals surface area contributed by atoms with Gasteiger partial charge >= 0.3 is 0 Å². The molecule has 110 valence electrons. The van der Waals surface area contributed by atoms with Gasteiger partial charge in [0.15, 0.2) is 0 Å². The van der Waals surface area contributed by atoms with Crippen LogP contribution in [0.4, 0.5) is 0 Å². The Morgan fingerprint density at radius 2 is 2.15 bits per heavy atom. The Morgan fingerprint density at radius 3 is 2.95 bits per heavy atom. The Hall–Kier alpha value is -0.940. The lowest BCUT2D eigenvalue weighted by molar-refractivity contribution is 0.0588. The first-order valence-corrected chi connectivity index (χ1v) is 8.01. The van der Waals surface area contributed by atoms with Crippen LogP contribution in [0, 0.1) is 0 Å². The molecule has 0 aliphatic carbocycles. The summed E-state index contributed by atoms with van der Waals surface area (Å²) in [5.41, 5.74) is 1.34. The van der Waals surface area contributed by atoms with E-state index in [-0.39, 0.29) is 6.04 Å². The second kappa shape index (κ2) is 8.37. The highest BCUT2D eigenvalue weighted by atomic mass is 32.1. The Bertz CT molecular complexity index is 512. The van der Waals surface area contributed by atoms with Crippen molar-refractivity contribution < 1.29 is 9.47 Å². The summed E-state index contributed by atoms with van der Waals surface area (Å²) in [5, 5.41) is 7.05. The number of methoxy groups -OCH3 is 1. The van der Waals surface area contributed by atoms with Gasteiger partial charge in [0.25, 0.3) is 0 Å². The summed E-state index contributed by atoms with van der Waals surface area (Å²) in [6, 6.07) is 8.91. The summed E-state index contributed by atoms with van der Waals surface area (Å²) in [4.78, 5) is 0. The molecule has 20 heavy (non-hydrogen) atoms. The van der Waals surface area contributed by atoms with Gasteiger partial charge < -0.3 is 14.8 Å². The highest BCUT2D eigenvalue weighted by Gasteiger charge is 2.14. The Labute approximate surface area is 124 Å². The maximum Gasteiger partial charge on any atom is 0.0701 e. The van der Waals surface area contributed by atoms with Crippen molar-refractivity contribution in [1.29, 1.82) is 0 Å². The van der Waals surface area contributed by atoms with E-state index in [0.717, 1.165) is 13.0 Å². The molecule has 0 aliphatic rings. The molecule has 1 aromatic carbocycles. The standard InChI is InChI=1S/C16H23NO2S/c1-3-8-17-15(12-19-10-9-18-2)14-6-4-5-13-7-11-20-16(13)14/h4-7,11,15,17H,3,8-10,12H2,1-2H3. The van der Waals surface area contributed by atoms with Gasteiger partial charge in [0, 0.05) is 11.8 Å². The fourth-order valence-electron chi connectivity index (χ4n) is 2.21. The van der Waals surface area contributed by atoms with E-state index < -0.39 is 0 Å². The largest absolute Gasteiger partial charge is 0.382 e. The average molecular weight is 293 g/mol. The number of rotatable bonds is 9. The highest BCUT2D eigenvalue weighted by molar-refractivity contribution is 7.17. The van der Waals surface area contributed by atoms with Crippen molar-refractivity contribution in [3.8, 4) is 0 Å². The average Bonchev–Trinajstić information content (AvgIpc) is 2.95. The molecule has 0 spiro atoms. The van der Waals surface area contributed by atoms with Gasteiger partial charge in [-0.1, -0.05) is 25.1 Å². The fraction of sp³-hybridized carbons (Fsp3) is 0.500. The van der Waals surface area contributed by atoms with Gasteiger partial charge in [-0.25, -0.2) is 0 Å². The minimum absolute atomic E-state index is 0.245. The van der Waals surface area contributed by atoms with Crippen molar-refractivity contribution in [3.05, 3.63) is 35.2 Å². The third-order valence-corrected chi connectivity index (χ3v) is 4.22. The van der Waals surface area contributed by atoms with E-state index in [1.807, 2.05) is 0 Å². The zero-order chi connectivity index (χ0) is 14.2. The number of nitrogens with one attached hydrogen (secondary N) is 1. The third kappa shape index (κ3) is 4.03. The summed E-state index contributed by atoms with van der Waals surface area (Å²) in [6.45, 7) is 5.15. The number of ether oxygens (including phenoxy) is 2. The number of benzene rings is 1. The number of hydrogen-bond acceptors (Lipinski definition) is 4. The zero-order valence-electron chi connectivity index (χ0n) is 12.2. The Kier molecular flexibility index (Phi) is 6.47. The van der Waals surface area contributed by atoms with Gasteiger partial charge in [0.05, 0.1) is 25.9 Å². The van der Waals surface area contributed by atoms with E-state index in [1.165, 1.54) is 15.6 Å². The molecule has 3 nitrogen and oxygen atoms in total. The predicted molar refractivity (Wildman–Crippen MR) is 85.6 cm³/mol. The van der Waals surface area contributed by atoms with Crippen LogP contribution in [0.2, 0.25) is 0 Å². The molecule has 1 heterocycles. The maximum atomic E-state index is 5.73. The smallest absolute Gasteiger partial charge is 0.0701 e. The van der Waals surface area contributed by atoms with Gasteiger partial charge in [-0.3, -0.25) is 0 Å². The maximum absolute atomic E-state index is 5.73.